The van der Waals surface area contributed by atoms with Crippen molar-refractivity contribution in [2.45, 2.75) is 51.5 Å². The number of hydrogen-bond acceptors (Lipinski definition) is 5. The average molecular weight is 449 g/mol. The smallest absolute Gasteiger partial charge is 0.145 e. The number of rotatable bonds is 9. The van der Waals surface area contributed by atoms with Gasteiger partial charge in [-0.25, -0.2) is 4.39 Å². The summed E-state index contributed by atoms with van der Waals surface area (Å²) < 4.78 is 18.9. The molecule has 1 aliphatic rings. The SMILES string of the molecule is CC(C)(C)OC[C@H](O)CN(Cc1cccc(Cl)c1)C[C@H]1CC(c2ccc(F)cc2)=NO1. The zero-order valence-corrected chi connectivity index (χ0v) is 19.0. The molecule has 3 rings (SSSR count). The summed E-state index contributed by atoms with van der Waals surface area (Å²) in [5.41, 5.74) is 2.38. The molecule has 168 valence electrons. The van der Waals surface area contributed by atoms with Gasteiger partial charge in [-0.1, -0.05) is 41.0 Å². The van der Waals surface area contributed by atoms with Gasteiger partial charge < -0.3 is 14.7 Å². The number of halogens is 2. The van der Waals surface area contributed by atoms with Crippen molar-refractivity contribution in [3.63, 3.8) is 0 Å². The van der Waals surface area contributed by atoms with E-state index in [1.807, 2.05) is 45.0 Å². The van der Waals surface area contributed by atoms with Crippen molar-refractivity contribution >= 4 is 17.3 Å². The molecule has 2 aromatic carbocycles. The van der Waals surface area contributed by atoms with Gasteiger partial charge >= 0.3 is 0 Å². The van der Waals surface area contributed by atoms with Crippen LogP contribution in [0.25, 0.3) is 0 Å². The van der Waals surface area contributed by atoms with Crippen molar-refractivity contribution in [1.82, 2.24) is 4.90 Å². The van der Waals surface area contributed by atoms with Crippen molar-refractivity contribution in [2.24, 2.45) is 5.16 Å². The number of benzene rings is 2. The Balaban J connectivity index is 1.62. The fourth-order valence-electron chi connectivity index (χ4n) is 3.42. The first-order chi connectivity index (χ1) is 14.7. The average Bonchev–Trinajstić information content (AvgIpc) is 3.15. The third kappa shape index (κ3) is 7.89. The lowest BCUT2D eigenvalue weighted by atomic mass is 10.0. The van der Waals surface area contributed by atoms with Crippen molar-refractivity contribution in [3.8, 4) is 0 Å². The number of nitrogens with zero attached hydrogens (tertiary/aromatic N) is 2. The molecule has 1 aliphatic heterocycles. The van der Waals surface area contributed by atoms with Gasteiger partial charge in [-0.05, 0) is 56.2 Å². The van der Waals surface area contributed by atoms with E-state index in [2.05, 4.69) is 10.1 Å². The highest BCUT2D eigenvalue weighted by atomic mass is 35.5. The van der Waals surface area contributed by atoms with Gasteiger partial charge in [0.25, 0.3) is 0 Å². The van der Waals surface area contributed by atoms with Crippen LogP contribution >= 0.6 is 11.6 Å². The van der Waals surface area contributed by atoms with Gasteiger partial charge in [-0.2, -0.15) is 0 Å². The number of aliphatic hydroxyl groups excluding tert-OH is 1. The van der Waals surface area contributed by atoms with Crippen molar-refractivity contribution < 1.29 is 19.1 Å². The highest BCUT2D eigenvalue weighted by Gasteiger charge is 2.26. The quantitative estimate of drug-likeness (QED) is 0.606. The molecule has 5 nitrogen and oxygen atoms in total. The van der Waals surface area contributed by atoms with Gasteiger partial charge in [0.05, 0.1) is 24.0 Å². The van der Waals surface area contributed by atoms with E-state index >= 15 is 0 Å². The van der Waals surface area contributed by atoms with Crippen LogP contribution in [-0.2, 0) is 16.1 Å². The fourth-order valence-corrected chi connectivity index (χ4v) is 3.63. The van der Waals surface area contributed by atoms with Crippen LogP contribution in [-0.4, -0.2) is 53.2 Å². The van der Waals surface area contributed by atoms with Crippen LogP contribution in [0.2, 0.25) is 5.02 Å². The zero-order valence-electron chi connectivity index (χ0n) is 18.2. The van der Waals surface area contributed by atoms with Gasteiger partial charge in [-0.15, -0.1) is 0 Å². The van der Waals surface area contributed by atoms with Crippen LogP contribution in [0.1, 0.15) is 38.3 Å². The Morgan fingerprint density at radius 3 is 2.68 bits per heavy atom. The summed E-state index contributed by atoms with van der Waals surface area (Å²) in [5, 5.41) is 15.4. The summed E-state index contributed by atoms with van der Waals surface area (Å²) in [7, 11) is 0. The van der Waals surface area contributed by atoms with E-state index in [1.165, 1.54) is 12.1 Å². The minimum Gasteiger partial charge on any atom is -0.390 e. The Bertz CT molecular complexity index is 883. The lowest BCUT2D eigenvalue weighted by Crippen LogP contribution is -2.40. The van der Waals surface area contributed by atoms with Gasteiger partial charge in [0.15, 0.2) is 0 Å². The Kier molecular flexibility index (Phi) is 8.06. The molecule has 0 saturated carbocycles. The van der Waals surface area contributed by atoms with Crippen LogP contribution in [0.3, 0.4) is 0 Å². The van der Waals surface area contributed by atoms with Crippen LogP contribution in [0.15, 0.2) is 53.7 Å². The minimum atomic E-state index is -0.641. The normalized spacial score (nSPS) is 17.5. The molecule has 0 saturated heterocycles. The maximum absolute atomic E-state index is 13.2. The van der Waals surface area contributed by atoms with Crippen LogP contribution < -0.4 is 0 Å². The summed E-state index contributed by atoms with van der Waals surface area (Å²) in [6.45, 7) is 7.75. The second-order valence-electron chi connectivity index (χ2n) is 8.88. The number of ether oxygens (including phenoxy) is 1. The van der Waals surface area contributed by atoms with E-state index < -0.39 is 6.10 Å². The molecule has 0 amide bonds. The van der Waals surface area contributed by atoms with Gasteiger partial charge in [0.1, 0.15) is 11.9 Å². The van der Waals surface area contributed by atoms with Crippen molar-refractivity contribution in [3.05, 3.63) is 70.5 Å². The zero-order chi connectivity index (χ0) is 22.4. The molecule has 0 radical (unpaired) electrons. The van der Waals surface area contributed by atoms with Crippen LogP contribution in [0.4, 0.5) is 4.39 Å². The third-order valence-corrected chi connectivity index (χ3v) is 5.08. The summed E-state index contributed by atoms with van der Waals surface area (Å²) in [6, 6.07) is 13.9. The molecule has 31 heavy (non-hydrogen) atoms. The molecule has 7 heteroatoms. The van der Waals surface area contributed by atoms with Crippen LogP contribution in [0.5, 0.6) is 0 Å². The summed E-state index contributed by atoms with van der Waals surface area (Å²) in [5.74, 6) is -0.279. The second-order valence-corrected chi connectivity index (χ2v) is 9.31. The molecule has 2 atom stereocenters. The number of aliphatic hydroxyl groups is 1. The highest BCUT2D eigenvalue weighted by Crippen LogP contribution is 2.20. The Labute approximate surface area is 188 Å². The third-order valence-electron chi connectivity index (χ3n) is 4.85. The lowest BCUT2D eigenvalue weighted by Gasteiger charge is -2.28. The van der Waals surface area contributed by atoms with Crippen LogP contribution in [0, 0.1) is 5.82 Å². The number of oxime groups is 1. The fraction of sp³-hybridized carbons (Fsp3) is 0.458. The molecule has 2 aromatic rings. The first kappa shape index (κ1) is 23.7. The first-order valence-corrected chi connectivity index (χ1v) is 10.8. The highest BCUT2D eigenvalue weighted by molar-refractivity contribution is 6.30. The standard InChI is InChI=1S/C24H30ClFN2O3/c1-24(2,3)30-16-21(29)14-28(13-17-5-4-6-19(25)11-17)15-22-12-23(27-31-22)18-7-9-20(26)10-8-18/h4-11,21-22,29H,12-16H2,1-3H3/t21-,22-/m1/s1. The van der Waals surface area contributed by atoms with E-state index in [9.17, 15) is 9.50 Å². The maximum atomic E-state index is 13.2. The Hall–Kier alpha value is -1.99. The van der Waals surface area contributed by atoms with E-state index in [0.717, 1.165) is 16.8 Å². The molecule has 0 bridgehead atoms. The predicted molar refractivity (Wildman–Crippen MR) is 121 cm³/mol. The molecule has 0 fully saturated rings. The summed E-state index contributed by atoms with van der Waals surface area (Å²) in [4.78, 5) is 7.77. The largest absolute Gasteiger partial charge is 0.390 e. The molecule has 0 unspecified atom stereocenters. The monoisotopic (exact) mass is 448 g/mol. The number of hydrogen-bond donors (Lipinski definition) is 1. The lowest BCUT2D eigenvalue weighted by molar-refractivity contribution is -0.0600. The Morgan fingerprint density at radius 2 is 2.00 bits per heavy atom. The summed E-state index contributed by atoms with van der Waals surface area (Å²) >= 11 is 6.14. The predicted octanol–water partition coefficient (Wildman–Crippen LogP) is 4.65. The second kappa shape index (κ2) is 10.6. The molecule has 0 spiro atoms. The van der Waals surface area contributed by atoms with Crippen molar-refractivity contribution in [2.75, 3.05) is 19.7 Å². The minimum absolute atomic E-state index is 0.157. The molecular weight excluding hydrogens is 419 g/mol. The molecule has 0 aliphatic carbocycles. The maximum Gasteiger partial charge on any atom is 0.145 e. The van der Waals surface area contributed by atoms with Gasteiger partial charge in [-0.3, -0.25) is 4.90 Å². The van der Waals surface area contributed by atoms with Gasteiger partial charge in [0.2, 0.25) is 0 Å². The first-order valence-electron chi connectivity index (χ1n) is 10.5. The summed E-state index contributed by atoms with van der Waals surface area (Å²) in [6.07, 6.45) is -0.181. The van der Waals surface area contributed by atoms with Crippen molar-refractivity contribution in [1.29, 1.82) is 0 Å². The Morgan fingerprint density at radius 1 is 1.26 bits per heavy atom. The molecular formula is C24H30ClFN2O3. The van der Waals surface area contributed by atoms with E-state index in [-0.39, 0.29) is 24.1 Å². The van der Waals surface area contributed by atoms with E-state index in [1.54, 1.807) is 12.1 Å². The molecule has 1 heterocycles. The topological polar surface area (TPSA) is 54.3 Å². The van der Waals surface area contributed by atoms with E-state index in [0.29, 0.717) is 31.1 Å². The molecule has 0 aromatic heterocycles. The van der Waals surface area contributed by atoms with E-state index in [4.69, 9.17) is 21.2 Å². The van der Waals surface area contributed by atoms with Gasteiger partial charge in [0, 0.05) is 31.1 Å². The molecule has 1 N–H and O–H groups in total.